The van der Waals surface area contributed by atoms with Crippen LogP contribution in [0.25, 0.3) is 0 Å². The molecule has 2 aromatic rings. The molecule has 0 radical (unpaired) electrons. The van der Waals surface area contributed by atoms with E-state index in [-0.39, 0.29) is 22.6 Å². The van der Waals surface area contributed by atoms with Gasteiger partial charge in [0, 0.05) is 23.5 Å². The number of carboxylic acids is 1. The maximum Gasteiger partial charge on any atom is 0.337 e. The zero-order valence-corrected chi connectivity index (χ0v) is 9.95. The molecule has 4 nitrogen and oxygen atoms in total. The van der Waals surface area contributed by atoms with Crippen molar-refractivity contribution in [2.24, 2.45) is 0 Å². The molecule has 0 aliphatic heterocycles. The Morgan fingerprint density at radius 1 is 1.05 bits per heavy atom. The molecule has 0 atom stereocenters. The first-order valence-corrected chi connectivity index (χ1v) is 5.43. The van der Waals surface area contributed by atoms with Gasteiger partial charge in [-0.15, -0.1) is 0 Å². The molecule has 0 aromatic heterocycles. The van der Waals surface area contributed by atoms with Gasteiger partial charge in [0.25, 0.3) is 0 Å². The van der Waals surface area contributed by atoms with E-state index in [0.29, 0.717) is 12.1 Å². The lowest BCUT2D eigenvalue weighted by Gasteiger charge is -2.10. The Morgan fingerprint density at radius 3 is 2.35 bits per heavy atom. The third-order valence-electron chi connectivity index (χ3n) is 2.57. The highest BCUT2D eigenvalue weighted by atomic mass is 19.2. The van der Waals surface area contributed by atoms with Gasteiger partial charge in [0.1, 0.15) is 5.82 Å². The zero-order chi connectivity index (χ0) is 14.9. The molecule has 2 rings (SSSR count). The van der Waals surface area contributed by atoms with Crippen molar-refractivity contribution in [2.45, 2.75) is 0 Å². The normalized spacial score (nSPS) is 10.3. The molecule has 0 fully saturated rings. The first kappa shape index (κ1) is 13.7. The highest BCUT2D eigenvalue weighted by Gasteiger charge is 2.12. The van der Waals surface area contributed by atoms with Gasteiger partial charge < -0.3 is 16.2 Å². The summed E-state index contributed by atoms with van der Waals surface area (Å²) < 4.78 is 39.3. The average molecular weight is 282 g/mol. The predicted molar refractivity (Wildman–Crippen MR) is 67.4 cm³/mol. The number of nitrogens with one attached hydrogen (secondary N) is 1. The van der Waals surface area contributed by atoms with Crippen LogP contribution in [0.1, 0.15) is 10.4 Å². The molecule has 7 heteroatoms. The average Bonchev–Trinajstić information content (AvgIpc) is 2.37. The summed E-state index contributed by atoms with van der Waals surface area (Å²) in [7, 11) is 0. The molecule has 0 aliphatic rings. The van der Waals surface area contributed by atoms with E-state index in [0.717, 1.165) is 0 Å². The van der Waals surface area contributed by atoms with Crippen molar-refractivity contribution in [1.29, 1.82) is 0 Å². The SMILES string of the molecule is Nc1ccc(Nc2cc(F)c(F)cc2F)cc1C(=O)O. The van der Waals surface area contributed by atoms with E-state index in [1.165, 1.54) is 18.2 Å². The van der Waals surface area contributed by atoms with E-state index in [1.807, 2.05) is 0 Å². The maximum atomic E-state index is 13.4. The fourth-order valence-electron chi connectivity index (χ4n) is 1.59. The summed E-state index contributed by atoms with van der Waals surface area (Å²) in [6.45, 7) is 0. The minimum atomic E-state index is -1.31. The number of anilines is 3. The van der Waals surface area contributed by atoms with Crippen LogP contribution in [0, 0.1) is 17.5 Å². The Balaban J connectivity index is 2.38. The van der Waals surface area contributed by atoms with Crippen LogP contribution in [0.4, 0.5) is 30.2 Å². The summed E-state index contributed by atoms with van der Waals surface area (Å²) in [5.41, 5.74) is 5.19. The molecule has 2 aromatic carbocycles. The van der Waals surface area contributed by atoms with Crippen molar-refractivity contribution in [1.82, 2.24) is 0 Å². The molecule has 0 spiro atoms. The van der Waals surface area contributed by atoms with Gasteiger partial charge in [-0.2, -0.15) is 0 Å². The quantitative estimate of drug-likeness (QED) is 0.597. The molecule has 0 aliphatic carbocycles. The number of nitrogen functional groups attached to an aromatic ring is 1. The summed E-state index contributed by atoms with van der Waals surface area (Å²) in [5.74, 6) is -4.78. The Labute approximate surface area is 111 Å². The third kappa shape index (κ3) is 2.66. The van der Waals surface area contributed by atoms with Crippen molar-refractivity contribution in [3.63, 3.8) is 0 Å². The van der Waals surface area contributed by atoms with Gasteiger partial charge in [-0.25, -0.2) is 18.0 Å². The van der Waals surface area contributed by atoms with Crippen molar-refractivity contribution >= 4 is 23.0 Å². The van der Waals surface area contributed by atoms with Gasteiger partial charge in [0.2, 0.25) is 0 Å². The summed E-state index contributed by atoms with van der Waals surface area (Å²) in [4.78, 5) is 10.9. The van der Waals surface area contributed by atoms with Crippen LogP contribution >= 0.6 is 0 Å². The van der Waals surface area contributed by atoms with Crippen molar-refractivity contribution in [3.05, 3.63) is 53.3 Å². The molecule has 104 valence electrons. The number of benzene rings is 2. The summed E-state index contributed by atoms with van der Waals surface area (Å²) in [5, 5.41) is 11.4. The van der Waals surface area contributed by atoms with E-state index in [9.17, 15) is 18.0 Å². The second kappa shape index (κ2) is 5.12. The molecular weight excluding hydrogens is 273 g/mol. The summed E-state index contributed by atoms with van der Waals surface area (Å²) >= 11 is 0. The standard InChI is InChI=1S/C13H9F3N2O2/c14-8-4-10(16)12(5-9(8)15)18-6-1-2-11(17)7(3-6)13(19)20/h1-5,18H,17H2,(H,19,20). The van der Waals surface area contributed by atoms with Crippen LogP contribution in [-0.2, 0) is 0 Å². The minimum absolute atomic E-state index is 0.0359. The first-order valence-electron chi connectivity index (χ1n) is 5.43. The van der Waals surface area contributed by atoms with E-state index in [2.05, 4.69) is 5.32 Å². The number of carbonyl (C=O) groups is 1. The molecule has 0 saturated heterocycles. The van der Waals surface area contributed by atoms with Gasteiger partial charge in [0.05, 0.1) is 11.3 Å². The molecule has 0 saturated carbocycles. The Bertz CT molecular complexity index is 690. The fraction of sp³-hybridized carbons (Fsp3) is 0. The molecule has 0 heterocycles. The number of halogens is 3. The van der Waals surface area contributed by atoms with Crippen molar-refractivity contribution in [2.75, 3.05) is 11.1 Å². The first-order chi connectivity index (χ1) is 9.38. The van der Waals surface area contributed by atoms with Gasteiger partial charge in [-0.05, 0) is 18.2 Å². The van der Waals surface area contributed by atoms with Crippen LogP contribution in [0.3, 0.4) is 0 Å². The molecule has 20 heavy (non-hydrogen) atoms. The van der Waals surface area contributed by atoms with Crippen molar-refractivity contribution in [3.8, 4) is 0 Å². The minimum Gasteiger partial charge on any atom is -0.478 e. The number of carboxylic acid groups (broad SMARTS) is 1. The van der Waals surface area contributed by atoms with Crippen molar-refractivity contribution < 1.29 is 23.1 Å². The van der Waals surface area contributed by atoms with Gasteiger partial charge in [-0.3, -0.25) is 0 Å². The van der Waals surface area contributed by atoms with Gasteiger partial charge in [0.15, 0.2) is 11.6 Å². The second-order valence-corrected chi connectivity index (χ2v) is 3.98. The molecule has 4 N–H and O–H groups in total. The number of hydrogen-bond donors (Lipinski definition) is 3. The molecule has 0 bridgehead atoms. The highest BCUT2D eigenvalue weighted by Crippen LogP contribution is 2.25. The van der Waals surface area contributed by atoms with Crippen LogP contribution < -0.4 is 11.1 Å². The largest absolute Gasteiger partial charge is 0.478 e. The third-order valence-corrected chi connectivity index (χ3v) is 2.57. The van der Waals surface area contributed by atoms with Crippen LogP contribution in [0.15, 0.2) is 30.3 Å². The highest BCUT2D eigenvalue weighted by molar-refractivity contribution is 5.95. The smallest absolute Gasteiger partial charge is 0.337 e. The lowest BCUT2D eigenvalue weighted by atomic mass is 10.1. The lowest BCUT2D eigenvalue weighted by molar-refractivity contribution is 0.0698. The summed E-state index contributed by atoms with van der Waals surface area (Å²) in [6, 6.07) is 4.90. The van der Waals surface area contributed by atoms with Gasteiger partial charge in [-0.1, -0.05) is 0 Å². The van der Waals surface area contributed by atoms with E-state index in [1.54, 1.807) is 0 Å². The Hall–Kier alpha value is -2.70. The molecule has 0 unspecified atom stereocenters. The number of hydrogen-bond acceptors (Lipinski definition) is 3. The van der Waals surface area contributed by atoms with Crippen LogP contribution in [0.5, 0.6) is 0 Å². The van der Waals surface area contributed by atoms with E-state index in [4.69, 9.17) is 10.8 Å². The topological polar surface area (TPSA) is 75.3 Å². The summed E-state index contributed by atoms with van der Waals surface area (Å²) in [6.07, 6.45) is 0. The fourth-order valence-corrected chi connectivity index (χ4v) is 1.59. The maximum absolute atomic E-state index is 13.4. The molecular formula is C13H9F3N2O2. The monoisotopic (exact) mass is 282 g/mol. The van der Waals surface area contributed by atoms with Crippen LogP contribution in [-0.4, -0.2) is 11.1 Å². The number of aromatic carboxylic acids is 1. The number of nitrogens with two attached hydrogens (primary N) is 1. The second-order valence-electron chi connectivity index (χ2n) is 3.98. The predicted octanol–water partition coefficient (Wildman–Crippen LogP) is 3.13. The Kier molecular flexibility index (Phi) is 3.51. The van der Waals surface area contributed by atoms with E-state index < -0.39 is 23.4 Å². The van der Waals surface area contributed by atoms with Gasteiger partial charge >= 0.3 is 5.97 Å². The number of rotatable bonds is 3. The Morgan fingerprint density at radius 2 is 1.70 bits per heavy atom. The lowest BCUT2D eigenvalue weighted by Crippen LogP contribution is -2.04. The molecule has 0 amide bonds. The van der Waals surface area contributed by atoms with Crippen LogP contribution in [0.2, 0.25) is 0 Å². The zero-order valence-electron chi connectivity index (χ0n) is 9.95. The van der Waals surface area contributed by atoms with E-state index >= 15 is 0 Å².